The Morgan fingerprint density at radius 1 is 0.950 bits per heavy atom. The number of benzene rings is 1. The van der Waals surface area contributed by atoms with Gasteiger partial charge in [0, 0.05) is 19.6 Å². The molecule has 0 unspecified atom stereocenters. The minimum absolute atomic E-state index is 0.0621. The second-order valence-corrected chi connectivity index (χ2v) is 5.30. The molecule has 2 rings (SSSR count). The fourth-order valence-electron chi connectivity index (χ4n) is 2.57. The van der Waals surface area contributed by atoms with Gasteiger partial charge in [0.2, 0.25) is 0 Å². The third-order valence-corrected chi connectivity index (χ3v) is 3.69. The first-order valence-corrected chi connectivity index (χ1v) is 7.09. The molecule has 1 fully saturated rings. The maximum Gasteiger partial charge on any atom is 0.251 e. The van der Waals surface area contributed by atoms with Crippen molar-refractivity contribution in [2.75, 3.05) is 32.7 Å². The second-order valence-electron chi connectivity index (χ2n) is 5.30. The van der Waals surface area contributed by atoms with Crippen molar-refractivity contribution in [2.45, 2.75) is 26.0 Å². The van der Waals surface area contributed by atoms with E-state index >= 15 is 0 Å². The maximum absolute atomic E-state index is 12.4. The molecule has 0 aromatic heterocycles. The molecule has 1 aliphatic heterocycles. The Bertz CT molecular complexity index is 397. The average molecular weight is 284 g/mol. The fraction of sp³-hybridized carbons (Fsp3) is 0.600. The average Bonchev–Trinajstić information content (AvgIpc) is 2.65. The van der Waals surface area contributed by atoms with E-state index in [4.69, 9.17) is 5.11 Å². The molecule has 20 heavy (non-hydrogen) atoms. The summed E-state index contributed by atoms with van der Waals surface area (Å²) < 4.78 is 24.8. The lowest BCUT2D eigenvalue weighted by molar-refractivity contribution is 0.0897. The van der Waals surface area contributed by atoms with E-state index in [0.29, 0.717) is 6.54 Å². The van der Waals surface area contributed by atoms with E-state index in [0.717, 1.165) is 38.2 Å². The Labute approximate surface area is 118 Å². The Morgan fingerprint density at radius 3 is 2.20 bits per heavy atom. The lowest BCUT2D eigenvalue weighted by atomic mass is 10.1. The molecule has 1 aromatic rings. The summed E-state index contributed by atoms with van der Waals surface area (Å²) in [5.74, 6) is 0. The number of halogens is 2. The van der Waals surface area contributed by atoms with Crippen molar-refractivity contribution in [3.63, 3.8) is 0 Å². The van der Waals surface area contributed by atoms with Gasteiger partial charge in [-0.2, -0.15) is 0 Å². The van der Waals surface area contributed by atoms with Gasteiger partial charge < -0.3 is 5.11 Å². The molecular formula is C15H22F2N2O. The van der Waals surface area contributed by atoms with Crippen LogP contribution >= 0.6 is 0 Å². The normalized spacial score (nSPS) is 18.4. The molecule has 0 amide bonds. The van der Waals surface area contributed by atoms with Gasteiger partial charge in [0.05, 0.1) is 13.2 Å². The smallest absolute Gasteiger partial charge is 0.251 e. The zero-order chi connectivity index (χ0) is 14.4. The fourth-order valence-corrected chi connectivity index (χ4v) is 2.57. The van der Waals surface area contributed by atoms with Gasteiger partial charge in [0.15, 0.2) is 0 Å². The van der Waals surface area contributed by atoms with Gasteiger partial charge in [-0.25, -0.2) is 8.78 Å². The van der Waals surface area contributed by atoms with Crippen molar-refractivity contribution in [1.82, 2.24) is 9.80 Å². The van der Waals surface area contributed by atoms with Crippen LogP contribution in [0.2, 0.25) is 0 Å². The van der Waals surface area contributed by atoms with Gasteiger partial charge in [0.25, 0.3) is 6.43 Å². The number of alkyl halides is 2. The van der Waals surface area contributed by atoms with Crippen LogP contribution in [0, 0.1) is 0 Å². The first kappa shape index (κ1) is 15.4. The van der Waals surface area contributed by atoms with E-state index < -0.39 is 6.43 Å². The van der Waals surface area contributed by atoms with E-state index in [2.05, 4.69) is 4.90 Å². The summed E-state index contributed by atoms with van der Waals surface area (Å²) in [5.41, 5.74) is 2.11. The molecule has 0 radical (unpaired) electrons. The van der Waals surface area contributed by atoms with Crippen LogP contribution in [0.3, 0.4) is 0 Å². The van der Waals surface area contributed by atoms with Gasteiger partial charge in [-0.1, -0.05) is 24.3 Å². The number of hydrogen-bond acceptors (Lipinski definition) is 3. The van der Waals surface area contributed by atoms with E-state index in [1.807, 2.05) is 29.2 Å². The molecule has 0 spiro atoms. The van der Waals surface area contributed by atoms with Crippen molar-refractivity contribution >= 4 is 0 Å². The molecule has 0 bridgehead atoms. The molecule has 3 nitrogen and oxygen atoms in total. The third-order valence-electron chi connectivity index (χ3n) is 3.69. The van der Waals surface area contributed by atoms with Crippen LogP contribution in [0.25, 0.3) is 0 Å². The quantitative estimate of drug-likeness (QED) is 0.895. The maximum atomic E-state index is 12.4. The number of aliphatic hydroxyl groups excluding tert-OH is 1. The van der Waals surface area contributed by atoms with Gasteiger partial charge >= 0.3 is 0 Å². The number of aliphatic hydroxyl groups is 1. The molecule has 0 atom stereocenters. The molecule has 0 saturated carbocycles. The van der Waals surface area contributed by atoms with Crippen molar-refractivity contribution in [3.05, 3.63) is 35.4 Å². The molecule has 5 heteroatoms. The summed E-state index contributed by atoms with van der Waals surface area (Å²) in [7, 11) is 0. The summed E-state index contributed by atoms with van der Waals surface area (Å²) in [6.45, 7) is 4.03. The second kappa shape index (κ2) is 7.67. The summed E-state index contributed by atoms with van der Waals surface area (Å²) in [6.07, 6.45) is -1.31. The van der Waals surface area contributed by atoms with E-state index in [1.54, 1.807) is 0 Å². The minimum atomic E-state index is -2.24. The molecule has 112 valence electrons. The molecule has 0 aliphatic carbocycles. The lowest BCUT2D eigenvalue weighted by Gasteiger charge is -2.21. The van der Waals surface area contributed by atoms with Crippen molar-refractivity contribution in [1.29, 1.82) is 0 Å². The van der Waals surface area contributed by atoms with Crippen LogP contribution in [-0.2, 0) is 13.2 Å². The summed E-state index contributed by atoms with van der Waals surface area (Å²) in [6, 6.07) is 7.90. The largest absolute Gasteiger partial charge is 0.392 e. The highest BCUT2D eigenvalue weighted by Gasteiger charge is 2.17. The Kier molecular flexibility index (Phi) is 5.88. The SMILES string of the molecule is OCc1ccc(CN2CCCN(CC(F)F)CC2)cc1. The zero-order valence-corrected chi connectivity index (χ0v) is 11.6. The first-order chi connectivity index (χ1) is 9.67. The van der Waals surface area contributed by atoms with E-state index in [-0.39, 0.29) is 13.2 Å². The highest BCUT2D eigenvalue weighted by Crippen LogP contribution is 2.11. The predicted molar refractivity (Wildman–Crippen MR) is 74.7 cm³/mol. The van der Waals surface area contributed by atoms with Crippen LogP contribution in [-0.4, -0.2) is 54.1 Å². The van der Waals surface area contributed by atoms with Crippen molar-refractivity contribution < 1.29 is 13.9 Å². The van der Waals surface area contributed by atoms with Gasteiger partial charge in [-0.15, -0.1) is 0 Å². The molecule has 1 saturated heterocycles. The zero-order valence-electron chi connectivity index (χ0n) is 11.6. The summed E-state index contributed by atoms with van der Waals surface area (Å²) in [5, 5.41) is 9.01. The van der Waals surface area contributed by atoms with Crippen LogP contribution in [0.1, 0.15) is 17.5 Å². The highest BCUT2D eigenvalue weighted by molar-refractivity contribution is 5.21. The Morgan fingerprint density at radius 2 is 1.55 bits per heavy atom. The molecule has 1 N–H and O–H groups in total. The Balaban J connectivity index is 1.84. The lowest BCUT2D eigenvalue weighted by Crippen LogP contribution is -2.33. The van der Waals surface area contributed by atoms with E-state index in [9.17, 15) is 8.78 Å². The van der Waals surface area contributed by atoms with Crippen LogP contribution in [0.4, 0.5) is 8.78 Å². The standard InChI is InChI=1S/C15H22F2N2O/c16-15(17)11-19-7-1-6-18(8-9-19)10-13-2-4-14(12-20)5-3-13/h2-5,15,20H,1,6-12H2. The van der Waals surface area contributed by atoms with Gasteiger partial charge in [-0.3, -0.25) is 9.80 Å². The molecule has 1 heterocycles. The predicted octanol–water partition coefficient (Wildman–Crippen LogP) is 1.95. The highest BCUT2D eigenvalue weighted by atomic mass is 19.3. The third kappa shape index (κ3) is 4.81. The van der Waals surface area contributed by atoms with Crippen LogP contribution in [0.5, 0.6) is 0 Å². The molecular weight excluding hydrogens is 262 g/mol. The summed E-state index contributed by atoms with van der Waals surface area (Å²) >= 11 is 0. The Hall–Kier alpha value is -1.04. The summed E-state index contributed by atoms with van der Waals surface area (Å²) in [4.78, 5) is 4.15. The number of rotatable bonds is 5. The molecule has 1 aromatic carbocycles. The topological polar surface area (TPSA) is 26.7 Å². The van der Waals surface area contributed by atoms with Crippen LogP contribution in [0.15, 0.2) is 24.3 Å². The van der Waals surface area contributed by atoms with Gasteiger partial charge in [0.1, 0.15) is 0 Å². The van der Waals surface area contributed by atoms with Crippen molar-refractivity contribution in [3.8, 4) is 0 Å². The van der Waals surface area contributed by atoms with E-state index in [1.165, 1.54) is 5.56 Å². The monoisotopic (exact) mass is 284 g/mol. The number of hydrogen-bond donors (Lipinski definition) is 1. The number of nitrogens with zero attached hydrogens (tertiary/aromatic N) is 2. The minimum Gasteiger partial charge on any atom is -0.392 e. The van der Waals surface area contributed by atoms with Crippen LogP contribution < -0.4 is 0 Å². The molecule has 1 aliphatic rings. The first-order valence-electron chi connectivity index (χ1n) is 7.09. The van der Waals surface area contributed by atoms with Crippen molar-refractivity contribution in [2.24, 2.45) is 0 Å². The van der Waals surface area contributed by atoms with Gasteiger partial charge in [-0.05, 0) is 30.6 Å².